The minimum Gasteiger partial charge on any atom is -0.483 e. The number of benzene rings is 3. The van der Waals surface area contributed by atoms with Crippen molar-refractivity contribution in [1.82, 2.24) is 10.2 Å². The normalized spacial score (nSPS) is 14.8. The Hall–Kier alpha value is -3.19. The Labute approximate surface area is 251 Å². The molecule has 1 aliphatic carbocycles. The topological polar surface area (TPSA) is 58.6 Å². The quantitative estimate of drug-likeness (QED) is 0.257. The fourth-order valence-electron chi connectivity index (χ4n) is 5.22. The molecule has 2 amide bonds. The second-order valence-electron chi connectivity index (χ2n) is 11.8. The molecule has 0 aromatic heterocycles. The van der Waals surface area contributed by atoms with E-state index in [1.165, 1.54) is 17.4 Å². The van der Waals surface area contributed by atoms with E-state index in [4.69, 9.17) is 4.74 Å². The van der Waals surface area contributed by atoms with Gasteiger partial charge in [-0.2, -0.15) is 0 Å². The molecule has 3 aromatic carbocycles. The van der Waals surface area contributed by atoms with Crippen LogP contribution in [0.1, 0.15) is 69.6 Å². The number of carbonyl (C=O) groups is 2. The van der Waals surface area contributed by atoms with Crippen LogP contribution in [0.15, 0.2) is 77.3 Å². The van der Waals surface area contributed by atoms with Crippen molar-refractivity contribution in [2.45, 2.75) is 83.3 Å². The van der Waals surface area contributed by atoms with Crippen molar-refractivity contribution < 1.29 is 18.7 Å². The van der Waals surface area contributed by atoms with E-state index in [1.807, 2.05) is 48.5 Å². The van der Waals surface area contributed by atoms with Crippen molar-refractivity contribution in [2.75, 3.05) is 6.61 Å². The highest BCUT2D eigenvalue weighted by Crippen LogP contribution is 2.31. The number of halogens is 2. The Balaban J connectivity index is 1.62. The van der Waals surface area contributed by atoms with E-state index < -0.39 is 11.9 Å². The molecule has 1 fully saturated rings. The van der Waals surface area contributed by atoms with Crippen molar-refractivity contribution in [3.63, 3.8) is 0 Å². The van der Waals surface area contributed by atoms with Gasteiger partial charge in [-0.3, -0.25) is 9.59 Å². The van der Waals surface area contributed by atoms with E-state index in [0.717, 1.165) is 41.3 Å². The van der Waals surface area contributed by atoms with Crippen molar-refractivity contribution in [3.8, 4) is 5.75 Å². The van der Waals surface area contributed by atoms with Crippen LogP contribution in [0.25, 0.3) is 0 Å². The highest BCUT2D eigenvalue weighted by atomic mass is 79.9. The lowest BCUT2D eigenvalue weighted by atomic mass is 9.87. The molecule has 1 atom stereocenters. The van der Waals surface area contributed by atoms with Crippen molar-refractivity contribution in [1.29, 1.82) is 0 Å². The van der Waals surface area contributed by atoms with E-state index in [2.05, 4.69) is 42.0 Å². The Kier molecular flexibility index (Phi) is 10.6. The molecule has 1 N–H and O–H groups in total. The molecule has 0 heterocycles. The van der Waals surface area contributed by atoms with Crippen LogP contribution in [0.4, 0.5) is 4.39 Å². The second kappa shape index (κ2) is 14.1. The molecular weight excluding hydrogens is 583 g/mol. The van der Waals surface area contributed by atoms with Crippen molar-refractivity contribution in [3.05, 3.63) is 99.8 Å². The summed E-state index contributed by atoms with van der Waals surface area (Å²) in [6.45, 7) is 6.05. The van der Waals surface area contributed by atoms with Gasteiger partial charge in [-0.05, 0) is 63.5 Å². The highest BCUT2D eigenvalue weighted by Gasteiger charge is 2.32. The van der Waals surface area contributed by atoms with Gasteiger partial charge in [0.25, 0.3) is 5.91 Å². The van der Waals surface area contributed by atoms with Crippen LogP contribution >= 0.6 is 15.9 Å². The van der Waals surface area contributed by atoms with Gasteiger partial charge in [-0.1, -0.05) is 94.6 Å². The number of nitrogens with zero attached hydrogens (tertiary/aromatic N) is 1. The van der Waals surface area contributed by atoms with Crippen LogP contribution in [0.5, 0.6) is 5.75 Å². The van der Waals surface area contributed by atoms with Gasteiger partial charge >= 0.3 is 0 Å². The van der Waals surface area contributed by atoms with Gasteiger partial charge in [0.1, 0.15) is 17.6 Å². The highest BCUT2D eigenvalue weighted by molar-refractivity contribution is 9.10. The Morgan fingerprint density at radius 2 is 1.68 bits per heavy atom. The average Bonchev–Trinajstić information content (AvgIpc) is 2.95. The van der Waals surface area contributed by atoms with Crippen LogP contribution in [-0.2, 0) is 28.0 Å². The molecule has 0 bridgehead atoms. The van der Waals surface area contributed by atoms with Gasteiger partial charge in [-0.25, -0.2) is 4.39 Å². The smallest absolute Gasteiger partial charge is 0.261 e. The van der Waals surface area contributed by atoms with Gasteiger partial charge in [0, 0.05) is 24.6 Å². The molecule has 5 nitrogen and oxygen atoms in total. The number of amides is 2. The molecule has 1 aliphatic rings. The molecule has 41 heavy (non-hydrogen) atoms. The number of rotatable bonds is 10. The Morgan fingerprint density at radius 1 is 1.00 bits per heavy atom. The number of nitrogens with one attached hydrogen (secondary N) is 1. The molecular formula is C34H40BrFN2O3. The molecule has 0 aliphatic heterocycles. The summed E-state index contributed by atoms with van der Waals surface area (Å²) in [6, 6.07) is 21.1. The first-order valence-electron chi connectivity index (χ1n) is 14.4. The van der Waals surface area contributed by atoms with E-state index in [9.17, 15) is 14.0 Å². The first kappa shape index (κ1) is 30.8. The fourth-order valence-corrected chi connectivity index (χ4v) is 5.71. The number of hydrogen-bond donors (Lipinski definition) is 1. The summed E-state index contributed by atoms with van der Waals surface area (Å²) in [4.78, 5) is 29.2. The monoisotopic (exact) mass is 622 g/mol. The van der Waals surface area contributed by atoms with Crippen LogP contribution in [0.2, 0.25) is 0 Å². The van der Waals surface area contributed by atoms with Gasteiger partial charge in [0.05, 0.1) is 4.47 Å². The third-order valence-corrected chi connectivity index (χ3v) is 8.29. The molecule has 1 saturated carbocycles. The zero-order valence-corrected chi connectivity index (χ0v) is 25.8. The lowest BCUT2D eigenvalue weighted by molar-refractivity contribution is -0.143. The predicted octanol–water partition coefficient (Wildman–Crippen LogP) is 7.35. The summed E-state index contributed by atoms with van der Waals surface area (Å²) in [7, 11) is 0. The van der Waals surface area contributed by atoms with Crippen molar-refractivity contribution in [2.24, 2.45) is 0 Å². The second-order valence-corrected chi connectivity index (χ2v) is 12.7. The zero-order chi connectivity index (χ0) is 29.4. The molecule has 0 spiro atoms. The van der Waals surface area contributed by atoms with E-state index in [0.29, 0.717) is 17.7 Å². The van der Waals surface area contributed by atoms with Crippen LogP contribution < -0.4 is 10.1 Å². The lowest BCUT2D eigenvalue weighted by Gasteiger charge is -2.33. The molecule has 218 valence electrons. The largest absolute Gasteiger partial charge is 0.483 e. The minimum atomic E-state index is -0.832. The first-order valence-corrected chi connectivity index (χ1v) is 15.2. The third kappa shape index (κ3) is 8.65. The minimum absolute atomic E-state index is 0.0379. The lowest BCUT2D eigenvalue weighted by Crippen LogP contribution is -2.53. The number of carbonyl (C=O) groups excluding carboxylic acids is 2. The molecule has 0 unspecified atom stereocenters. The summed E-state index contributed by atoms with van der Waals surface area (Å²) < 4.78 is 21.6. The summed E-state index contributed by atoms with van der Waals surface area (Å²) in [6.07, 6.45) is 5.47. The van der Waals surface area contributed by atoms with E-state index >= 15 is 0 Å². The zero-order valence-electron chi connectivity index (χ0n) is 24.2. The first-order chi connectivity index (χ1) is 19.6. The maximum absolute atomic E-state index is 14.8. The van der Waals surface area contributed by atoms with E-state index in [-0.39, 0.29) is 36.4 Å². The third-order valence-electron chi connectivity index (χ3n) is 7.67. The number of hydrogen-bond acceptors (Lipinski definition) is 3. The standard InChI is InChI=1S/C34H40BrFN2O3/c1-34(2,3)26-18-19-31(28(35)21-26)41-23-32(39)38(22-25-14-10-11-17-29(25)36)30(20-24-12-6-4-7-13-24)33(40)37-27-15-8-5-9-16-27/h4,6-7,10-14,17-19,21,27,30H,5,8-9,15-16,20,22-23H2,1-3H3,(H,37,40)/t30-/m0/s1. The summed E-state index contributed by atoms with van der Waals surface area (Å²) >= 11 is 3.58. The molecule has 3 aromatic rings. The average molecular weight is 624 g/mol. The summed E-state index contributed by atoms with van der Waals surface area (Å²) in [5.74, 6) is -0.498. The molecule has 0 saturated heterocycles. The molecule has 4 rings (SSSR count). The fraction of sp³-hybridized carbons (Fsp3) is 0.412. The molecule has 7 heteroatoms. The molecule has 0 radical (unpaired) electrons. The van der Waals surface area contributed by atoms with Gasteiger partial charge in [0.2, 0.25) is 5.91 Å². The van der Waals surface area contributed by atoms with Crippen LogP contribution in [-0.4, -0.2) is 35.4 Å². The van der Waals surface area contributed by atoms with Gasteiger partial charge in [-0.15, -0.1) is 0 Å². The maximum Gasteiger partial charge on any atom is 0.261 e. The van der Waals surface area contributed by atoms with Gasteiger partial charge in [0.15, 0.2) is 6.61 Å². The SMILES string of the molecule is CC(C)(C)c1ccc(OCC(=O)N(Cc2ccccc2F)[C@@H](Cc2ccccc2)C(=O)NC2CCCCC2)c(Br)c1. The van der Waals surface area contributed by atoms with E-state index in [1.54, 1.807) is 18.2 Å². The van der Waals surface area contributed by atoms with Crippen molar-refractivity contribution >= 4 is 27.7 Å². The van der Waals surface area contributed by atoms with Crippen LogP contribution in [0.3, 0.4) is 0 Å². The summed E-state index contributed by atoms with van der Waals surface area (Å²) in [5, 5.41) is 3.20. The maximum atomic E-state index is 14.8. The Bertz CT molecular complexity index is 1320. The van der Waals surface area contributed by atoms with Gasteiger partial charge < -0.3 is 15.0 Å². The van der Waals surface area contributed by atoms with Crippen LogP contribution in [0, 0.1) is 5.82 Å². The Morgan fingerprint density at radius 3 is 2.34 bits per heavy atom. The summed E-state index contributed by atoms with van der Waals surface area (Å²) in [5.41, 5.74) is 2.36. The predicted molar refractivity (Wildman–Crippen MR) is 164 cm³/mol. The number of ether oxygens (including phenoxy) is 1.